The maximum atomic E-state index is 13.1. The molecule has 1 aliphatic heterocycles. The van der Waals surface area contributed by atoms with Gasteiger partial charge in [-0.1, -0.05) is 54.1 Å². The van der Waals surface area contributed by atoms with Crippen LogP contribution in [0.15, 0.2) is 78.9 Å². The lowest BCUT2D eigenvalue weighted by Crippen LogP contribution is -2.49. The molecule has 0 aliphatic carbocycles. The SMILES string of the molecule is COc1cccc([C@H](CN2CCN(C(=O)c3cc4ccccc4s3)CC2)OCc2cccc(Cl)c2)c1. The second-order valence-electron chi connectivity index (χ2n) is 8.95. The zero-order valence-corrected chi connectivity index (χ0v) is 21.8. The average Bonchev–Trinajstić information content (AvgIpc) is 3.35. The Morgan fingerprint density at radius 3 is 2.56 bits per heavy atom. The summed E-state index contributed by atoms with van der Waals surface area (Å²) in [6, 6.07) is 26.0. The van der Waals surface area contributed by atoms with Crippen LogP contribution in [-0.4, -0.2) is 55.5 Å². The molecule has 0 bridgehead atoms. The Morgan fingerprint density at radius 2 is 1.78 bits per heavy atom. The minimum atomic E-state index is -0.135. The third-order valence-corrected chi connectivity index (χ3v) is 7.86. The molecule has 3 aromatic carbocycles. The summed E-state index contributed by atoms with van der Waals surface area (Å²) in [7, 11) is 1.67. The van der Waals surface area contributed by atoms with Crippen LogP contribution in [0.25, 0.3) is 10.1 Å². The number of ether oxygens (including phenoxy) is 2. The Morgan fingerprint density at radius 1 is 0.972 bits per heavy atom. The van der Waals surface area contributed by atoms with Crippen LogP contribution >= 0.6 is 22.9 Å². The fourth-order valence-corrected chi connectivity index (χ4v) is 5.77. The van der Waals surface area contributed by atoms with Crippen molar-refractivity contribution in [3.63, 3.8) is 0 Å². The van der Waals surface area contributed by atoms with Crippen molar-refractivity contribution in [1.29, 1.82) is 0 Å². The second-order valence-corrected chi connectivity index (χ2v) is 10.5. The van der Waals surface area contributed by atoms with E-state index in [-0.39, 0.29) is 12.0 Å². The van der Waals surface area contributed by atoms with E-state index < -0.39 is 0 Å². The Balaban J connectivity index is 1.24. The van der Waals surface area contributed by atoms with Gasteiger partial charge in [0.15, 0.2) is 0 Å². The maximum absolute atomic E-state index is 13.1. The number of carbonyl (C=O) groups is 1. The Kier molecular flexibility index (Phi) is 7.87. The van der Waals surface area contributed by atoms with E-state index in [0.717, 1.165) is 51.5 Å². The number of nitrogens with zero attached hydrogens (tertiary/aromatic N) is 2. The predicted octanol–water partition coefficient (Wildman–Crippen LogP) is 6.28. The van der Waals surface area contributed by atoms with Crippen molar-refractivity contribution in [1.82, 2.24) is 9.80 Å². The van der Waals surface area contributed by atoms with Crippen LogP contribution in [0.2, 0.25) is 5.02 Å². The first kappa shape index (κ1) is 24.8. The topological polar surface area (TPSA) is 42.0 Å². The van der Waals surface area contributed by atoms with Gasteiger partial charge in [-0.05, 0) is 52.9 Å². The molecule has 0 unspecified atom stereocenters. The highest BCUT2D eigenvalue weighted by molar-refractivity contribution is 7.20. The van der Waals surface area contributed by atoms with Crippen molar-refractivity contribution in [3.05, 3.63) is 99.9 Å². The molecule has 5 rings (SSSR count). The van der Waals surface area contributed by atoms with Gasteiger partial charge < -0.3 is 14.4 Å². The van der Waals surface area contributed by atoms with Crippen LogP contribution in [-0.2, 0) is 11.3 Å². The molecule has 4 aromatic rings. The monoisotopic (exact) mass is 520 g/mol. The first-order chi connectivity index (χ1) is 17.6. The molecule has 0 saturated carbocycles. The Bertz CT molecular complexity index is 1300. The number of rotatable bonds is 8. The molecule has 1 saturated heterocycles. The highest BCUT2D eigenvalue weighted by atomic mass is 35.5. The van der Waals surface area contributed by atoms with Crippen molar-refractivity contribution >= 4 is 38.9 Å². The summed E-state index contributed by atoms with van der Waals surface area (Å²) in [6.45, 7) is 4.21. The van der Waals surface area contributed by atoms with Gasteiger partial charge in [0, 0.05) is 42.4 Å². The molecule has 36 heavy (non-hydrogen) atoms. The number of amides is 1. The summed E-state index contributed by atoms with van der Waals surface area (Å²) in [5.41, 5.74) is 2.11. The molecule has 5 nitrogen and oxygen atoms in total. The molecule has 0 N–H and O–H groups in total. The molecule has 7 heteroatoms. The molecule has 186 valence electrons. The van der Waals surface area contributed by atoms with Gasteiger partial charge in [0.2, 0.25) is 0 Å². The summed E-state index contributed by atoms with van der Waals surface area (Å²) < 4.78 is 13.0. The van der Waals surface area contributed by atoms with Gasteiger partial charge in [-0.2, -0.15) is 0 Å². The molecule has 1 amide bonds. The molecule has 0 radical (unpaired) electrons. The number of hydrogen-bond donors (Lipinski definition) is 0. The zero-order chi connectivity index (χ0) is 24.9. The van der Waals surface area contributed by atoms with Crippen molar-refractivity contribution in [3.8, 4) is 5.75 Å². The standard InChI is InChI=1S/C29H29ClN2O3S/c1-34-25-10-5-8-22(17-25)26(35-20-21-6-4-9-24(30)16-21)19-31-12-14-32(15-13-31)29(33)28-18-23-7-2-3-11-27(23)36-28/h2-11,16-18,26H,12-15,19-20H2,1H3/t26-/m0/s1. The number of methoxy groups -OCH3 is 1. The summed E-state index contributed by atoms with van der Waals surface area (Å²) in [4.78, 5) is 18.3. The molecule has 0 spiro atoms. The highest BCUT2D eigenvalue weighted by Gasteiger charge is 2.26. The number of piperazine rings is 1. The van der Waals surface area contributed by atoms with Crippen LogP contribution in [0.3, 0.4) is 0 Å². The van der Waals surface area contributed by atoms with Gasteiger partial charge in [0.05, 0.1) is 24.7 Å². The minimum absolute atomic E-state index is 0.123. The van der Waals surface area contributed by atoms with E-state index in [1.54, 1.807) is 18.4 Å². The zero-order valence-electron chi connectivity index (χ0n) is 20.2. The highest BCUT2D eigenvalue weighted by Crippen LogP contribution is 2.28. The van der Waals surface area contributed by atoms with Gasteiger partial charge in [-0.3, -0.25) is 9.69 Å². The van der Waals surface area contributed by atoms with Gasteiger partial charge in [0.1, 0.15) is 5.75 Å². The predicted molar refractivity (Wildman–Crippen MR) is 146 cm³/mol. The molecule has 1 fully saturated rings. The first-order valence-corrected chi connectivity index (χ1v) is 13.3. The molecular formula is C29H29ClN2O3S. The lowest BCUT2D eigenvalue weighted by Gasteiger charge is -2.36. The van der Waals surface area contributed by atoms with Crippen LogP contribution in [0.5, 0.6) is 5.75 Å². The maximum Gasteiger partial charge on any atom is 0.264 e. The van der Waals surface area contributed by atoms with Crippen molar-refractivity contribution in [2.75, 3.05) is 39.8 Å². The summed E-state index contributed by atoms with van der Waals surface area (Å²) in [5.74, 6) is 0.931. The second kappa shape index (κ2) is 11.4. The lowest BCUT2D eigenvalue weighted by atomic mass is 10.1. The largest absolute Gasteiger partial charge is 0.497 e. The molecule has 1 aromatic heterocycles. The molecule has 1 atom stereocenters. The smallest absolute Gasteiger partial charge is 0.264 e. The number of hydrogen-bond acceptors (Lipinski definition) is 5. The summed E-state index contributed by atoms with van der Waals surface area (Å²) >= 11 is 7.74. The van der Waals surface area contributed by atoms with Crippen molar-refractivity contribution < 1.29 is 14.3 Å². The van der Waals surface area contributed by atoms with Crippen molar-refractivity contribution in [2.45, 2.75) is 12.7 Å². The normalized spacial score (nSPS) is 15.2. The van der Waals surface area contributed by atoms with Crippen LogP contribution < -0.4 is 4.74 Å². The van der Waals surface area contributed by atoms with Gasteiger partial charge in [0.25, 0.3) is 5.91 Å². The number of benzene rings is 3. The molecule has 2 heterocycles. The minimum Gasteiger partial charge on any atom is -0.497 e. The van der Waals surface area contributed by atoms with Crippen molar-refractivity contribution in [2.24, 2.45) is 0 Å². The van der Waals surface area contributed by atoms with E-state index in [0.29, 0.717) is 24.7 Å². The van der Waals surface area contributed by atoms with Gasteiger partial charge >= 0.3 is 0 Å². The van der Waals surface area contributed by atoms with E-state index in [2.05, 4.69) is 23.1 Å². The van der Waals surface area contributed by atoms with Crippen LogP contribution in [0.4, 0.5) is 0 Å². The number of halogens is 1. The van der Waals surface area contributed by atoms with E-state index in [1.807, 2.05) is 65.6 Å². The fraction of sp³-hybridized carbons (Fsp3) is 0.276. The first-order valence-electron chi connectivity index (χ1n) is 12.1. The van der Waals surface area contributed by atoms with E-state index in [4.69, 9.17) is 21.1 Å². The average molecular weight is 521 g/mol. The third-order valence-electron chi connectivity index (χ3n) is 6.53. The number of fused-ring (bicyclic) bond motifs is 1. The van der Waals surface area contributed by atoms with Crippen LogP contribution in [0, 0.1) is 0 Å². The van der Waals surface area contributed by atoms with Gasteiger partial charge in [-0.15, -0.1) is 11.3 Å². The Labute approximate surface area is 220 Å². The fourth-order valence-electron chi connectivity index (χ4n) is 4.53. The number of thiophene rings is 1. The van der Waals surface area contributed by atoms with E-state index in [9.17, 15) is 4.79 Å². The molecule has 1 aliphatic rings. The summed E-state index contributed by atoms with van der Waals surface area (Å²) in [6.07, 6.45) is -0.135. The van der Waals surface area contributed by atoms with E-state index in [1.165, 1.54) is 0 Å². The lowest BCUT2D eigenvalue weighted by molar-refractivity contribution is 0.00339. The number of carbonyl (C=O) groups excluding carboxylic acids is 1. The Hall–Kier alpha value is -2.90. The third kappa shape index (κ3) is 5.90. The molecular weight excluding hydrogens is 492 g/mol. The summed E-state index contributed by atoms with van der Waals surface area (Å²) in [5, 5.41) is 1.83. The van der Waals surface area contributed by atoms with Crippen LogP contribution in [0.1, 0.15) is 26.9 Å². The van der Waals surface area contributed by atoms with E-state index >= 15 is 0 Å². The quantitative estimate of drug-likeness (QED) is 0.274. The van der Waals surface area contributed by atoms with Gasteiger partial charge in [-0.25, -0.2) is 0 Å².